The average Bonchev–Trinajstić information content (AvgIpc) is 2.37. The molecule has 0 aliphatic carbocycles. The molecule has 19 heavy (non-hydrogen) atoms. The number of nitrogens with zero attached hydrogens (tertiary/aromatic N) is 1. The SMILES string of the molecule is Cc1cc(N2CCCC(C)C2CN)ccc1C(N)=O. The first kappa shape index (κ1) is 13.9. The van der Waals surface area contributed by atoms with E-state index in [1.54, 1.807) is 0 Å². The molecule has 2 atom stereocenters. The van der Waals surface area contributed by atoms with Crippen molar-refractivity contribution in [1.29, 1.82) is 0 Å². The van der Waals surface area contributed by atoms with Crippen molar-refractivity contribution in [3.63, 3.8) is 0 Å². The van der Waals surface area contributed by atoms with E-state index in [2.05, 4.69) is 11.8 Å². The lowest BCUT2D eigenvalue weighted by Crippen LogP contribution is -2.48. The summed E-state index contributed by atoms with van der Waals surface area (Å²) in [5.74, 6) is 0.237. The van der Waals surface area contributed by atoms with Crippen LogP contribution in [0.15, 0.2) is 18.2 Å². The van der Waals surface area contributed by atoms with Gasteiger partial charge in [0.25, 0.3) is 0 Å². The number of hydrogen-bond donors (Lipinski definition) is 2. The lowest BCUT2D eigenvalue weighted by molar-refractivity contribution is 0.0999. The topological polar surface area (TPSA) is 72.3 Å². The molecule has 1 saturated heterocycles. The number of hydrogen-bond acceptors (Lipinski definition) is 3. The molecule has 4 nitrogen and oxygen atoms in total. The summed E-state index contributed by atoms with van der Waals surface area (Å²) in [4.78, 5) is 13.6. The van der Waals surface area contributed by atoms with Crippen LogP contribution in [0.4, 0.5) is 5.69 Å². The van der Waals surface area contributed by atoms with E-state index in [4.69, 9.17) is 11.5 Å². The quantitative estimate of drug-likeness (QED) is 0.869. The average molecular weight is 261 g/mol. The van der Waals surface area contributed by atoms with Gasteiger partial charge in [-0.15, -0.1) is 0 Å². The van der Waals surface area contributed by atoms with Gasteiger partial charge in [0.2, 0.25) is 5.91 Å². The molecule has 0 saturated carbocycles. The Morgan fingerprint density at radius 2 is 2.21 bits per heavy atom. The van der Waals surface area contributed by atoms with Crippen LogP contribution in [0.25, 0.3) is 0 Å². The molecule has 104 valence electrons. The van der Waals surface area contributed by atoms with Gasteiger partial charge in [0.1, 0.15) is 0 Å². The number of aryl methyl sites for hydroxylation is 1. The minimum atomic E-state index is -0.369. The number of anilines is 1. The van der Waals surface area contributed by atoms with Gasteiger partial charge in [-0.05, 0) is 49.4 Å². The third-order valence-corrected chi connectivity index (χ3v) is 4.16. The van der Waals surface area contributed by atoms with Crippen molar-refractivity contribution in [2.75, 3.05) is 18.0 Å². The second kappa shape index (κ2) is 5.61. The van der Waals surface area contributed by atoms with Crippen LogP contribution in [-0.2, 0) is 0 Å². The number of amides is 1. The Labute approximate surface area is 114 Å². The van der Waals surface area contributed by atoms with Crippen LogP contribution in [0.5, 0.6) is 0 Å². The Hall–Kier alpha value is -1.55. The molecule has 0 spiro atoms. The molecular weight excluding hydrogens is 238 g/mol. The molecule has 1 aromatic rings. The molecular formula is C15H23N3O. The fourth-order valence-corrected chi connectivity index (χ4v) is 3.03. The number of primary amides is 1. The van der Waals surface area contributed by atoms with Crippen molar-refractivity contribution in [2.24, 2.45) is 17.4 Å². The first-order valence-corrected chi connectivity index (χ1v) is 6.91. The lowest BCUT2D eigenvalue weighted by atomic mass is 9.90. The normalized spacial score (nSPS) is 23.4. The zero-order valence-corrected chi connectivity index (χ0v) is 11.7. The Morgan fingerprint density at radius 1 is 1.47 bits per heavy atom. The molecule has 1 aliphatic heterocycles. The van der Waals surface area contributed by atoms with E-state index in [-0.39, 0.29) is 5.91 Å². The summed E-state index contributed by atoms with van der Waals surface area (Å²) in [6.45, 7) is 5.88. The third-order valence-electron chi connectivity index (χ3n) is 4.16. The summed E-state index contributed by atoms with van der Waals surface area (Å²) >= 11 is 0. The molecule has 0 aromatic heterocycles. The zero-order valence-electron chi connectivity index (χ0n) is 11.7. The molecule has 1 aromatic carbocycles. The van der Waals surface area contributed by atoms with E-state index < -0.39 is 0 Å². The van der Waals surface area contributed by atoms with E-state index in [0.29, 0.717) is 24.1 Å². The molecule has 0 radical (unpaired) electrons. The van der Waals surface area contributed by atoms with Gasteiger partial charge in [-0.3, -0.25) is 4.79 Å². The lowest BCUT2D eigenvalue weighted by Gasteiger charge is -2.41. The van der Waals surface area contributed by atoms with E-state index in [0.717, 1.165) is 17.8 Å². The number of rotatable bonds is 3. The van der Waals surface area contributed by atoms with Crippen molar-refractivity contribution in [1.82, 2.24) is 0 Å². The summed E-state index contributed by atoms with van der Waals surface area (Å²) in [6, 6.07) is 6.22. The van der Waals surface area contributed by atoms with Crippen LogP contribution in [0.3, 0.4) is 0 Å². The van der Waals surface area contributed by atoms with Gasteiger partial charge in [-0.2, -0.15) is 0 Å². The maximum absolute atomic E-state index is 11.3. The van der Waals surface area contributed by atoms with Gasteiger partial charge in [0, 0.05) is 30.4 Å². The second-order valence-corrected chi connectivity index (χ2v) is 5.48. The highest BCUT2D eigenvalue weighted by atomic mass is 16.1. The number of carbonyl (C=O) groups excluding carboxylic acids is 1. The number of benzene rings is 1. The number of nitrogens with two attached hydrogens (primary N) is 2. The van der Waals surface area contributed by atoms with Gasteiger partial charge in [-0.25, -0.2) is 0 Å². The van der Waals surface area contributed by atoms with E-state index in [9.17, 15) is 4.79 Å². The third kappa shape index (κ3) is 2.73. The van der Waals surface area contributed by atoms with Crippen LogP contribution in [-0.4, -0.2) is 25.0 Å². The Morgan fingerprint density at radius 3 is 2.79 bits per heavy atom. The fourth-order valence-electron chi connectivity index (χ4n) is 3.03. The molecule has 2 rings (SSSR count). The van der Waals surface area contributed by atoms with Crippen molar-refractivity contribution in [2.45, 2.75) is 32.7 Å². The van der Waals surface area contributed by atoms with Gasteiger partial charge in [0.05, 0.1) is 0 Å². The largest absolute Gasteiger partial charge is 0.367 e. The molecule has 1 fully saturated rings. The second-order valence-electron chi connectivity index (χ2n) is 5.48. The van der Waals surface area contributed by atoms with Gasteiger partial charge >= 0.3 is 0 Å². The summed E-state index contributed by atoms with van der Waals surface area (Å²) in [5.41, 5.74) is 13.9. The smallest absolute Gasteiger partial charge is 0.248 e. The standard InChI is InChI=1S/C15H23N3O/c1-10-4-3-7-18(14(10)9-16)12-5-6-13(15(17)19)11(2)8-12/h5-6,8,10,14H,3-4,7,9,16H2,1-2H3,(H2,17,19). The molecule has 4 N–H and O–H groups in total. The maximum Gasteiger partial charge on any atom is 0.248 e. The summed E-state index contributed by atoms with van der Waals surface area (Å²) in [7, 11) is 0. The highest BCUT2D eigenvalue weighted by Gasteiger charge is 2.27. The van der Waals surface area contributed by atoms with Crippen molar-refractivity contribution >= 4 is 11.6 Å². The Kier molecular flexibility index (Phi) is 4.10. The van der Waals surface area contributed by atoms with Crippen LogP contribution >= 0.6 is 0 Å². The number of piperidine rings is 1. The first-order chi connectivity index (χ1) is 9.04. The van der Waals surface area contributed by atoms with E-state index >= 15 is 0 Å². The molecule has 1 aliphatic rings. The monoisotopic (exact) mass is 261 g/mol. The molecule has 2 unspecified atom stereocenters. The minimum Gasteiger partial charge on any atom is -0.367 e. The van der Waals surface area contributed by atoms with Crippen LogP contribution < -0.4 is 16.4 Å². The minimum absolute atomic E-state index is 0.369. The molecule has 0 bridgehead atoms. The Balaban J connectivity index is 2.30. The fraction of sp³-hybridized carbons (Fsp3) is 0.533. The van der Waals surface area contributed by atoms with Crippen LogP contribution in [0.1, 0.15) is 35.7 Å². The molecule has 4 heteroatoms. The van der Waals surface area contributed by atoms with Crippen molar-refractivity contribution < 1.29 is 4.79 Å². The summed E-state index contributed by atoms with van der Waals surface area (Å²) < 4.78 is 0. The highest BCUT2D eigenvalue weighted by molar-refractivity contribution is 5.94. The van der Waals surface area contributed by atoms with Gasteiger partial charge in [0.15, 0.2) is 0 Å². The van der Waals surface area contributed by atoms with Crippen molar-refractivity contribution in [3.05, 3.63) is 29.3 Å². The van der Waals surface area contributed by atoms with Crippen LogP contribution in [0.2, 0.25) is 0 Å². The molecule has 1 amide bonds. The predicted molar refractivity (Wildman–Crippen MR) is 78.3 cm³/mol. The summed E-state index contributed by atoms with van der Waals surface area (Å²) in [5, 5.41) is 0. The first-order valence-electron chi connectivity index (χ1n) is 6.91. The highest BCUT2D eigenvalue weighted by Crippen LogP contribution is 2.29. The zero-order chi connectivity index (χ0) is 14.0. The van der Waals surface area contributed by atoms with Gasteiger partial charge < -0.3 is 16.4 Å². The van der Waals surface area contributed by atoms with E-state index in [1.807, 2.05) is 25.1 Å². The number of carbonyl (C=O) groups is 1. The van der Waals surface area contributed by atoms with E-state index in [1.165, 1.54) is 12.8 Å². The van der Waals surface area contributed by atoms with Crippen molar-refractivity contribution in [3.8, 4) is 0 Å². The van der Waals surface area contributed by atoms with Crippen LogP contribution in [0, 0.1) is 12.8 Å². The Bertz CT molecular complexity index is 472. The van der Waals surface area contributed by atoms with Gasteiger partial charge in [-0.1, -0.05) is 6.92 Å². The maximum atomic E-state index is 11.3. The molecule has 1 heterocycles. The predicted octanol–water partition coefficient (Wildman–Crippen LogP) is 1.66. The summed E-state index contributed by atoms with van der Waals surface area (Å²) in [6.07, 6.45) is 2.42.